The van der Waals surface area contributed by atoms with E-state index in [1.807, 2.05) is 29.5 Å². The second-order valence-electron chi connectivity index (χ2n) is 4.36. The smallest absolute Gasteiger partial charge is 0.330 e. The minimum Gasteiger partial charge on any atom is -0.394 e. The van der Waals surface area contributed by atoms with Gasteiger partial charge in [0, 0.05) is 11.8 Å². The lowest BCUT2D eigenvalue weighted by atomic mass is 10.2. The summed E-state index contributed by atoms with van der Waals surface area (Å²) in [4.78, 5) is 25.6. The third kappa shape index (κ3) is 2.62. The molecule has 7 nitrogen and oxygen atoms in total. The predicted molar refractivity (Wildman–Crippen MR) is 75.5 cm³/mol. The van der Waals surface area contributed by atoms with Crippen molar-refractivity contribution in [2.24, 2.45) is 0 Å². The summed E-state index contributed by atoms with van der Waals surface area (Å²) in [7, 11) is 0. The largest absolute Gasteiger partial charge is 0.394 e. The lowest BCUT2D eigenvalue weighted by molar-refractivity contribution is -0.0456. The summed E-state index contributed by atoms with van der Waals surface area (Å²) in [5, 5.41) is 19.0. The molecule has 1 aromatic rings. The Balaban J connectivity index is 2.43. The van der Waals surface area contributed by atoms with E-state index >= 15 is 0 Å². The fourth-order valence-corrected chi connectivity index (χ4v) is 3.03. The number of alkyl halides is 1. The van der Waals surface area contributed by atoms with Crippen LogP contribution in [0.5, 0.6) is 0 Å². The Kier molecular flexibility index (Phi) is 4.43. The molecule has 106 valence electrons. The fourth-order valence-electron chi connectivity index (χ4n) is 2.05. The zero-order valence-corrected chi connectivity index (χ0v) is 12.4. The fraction of sp³-hybridized carbons (Fsp3) is 0.636. The maximum absolute atomic E-state index is 11.8. The minimum atomic E-state index is -0.862. The van der Waals surface area contributed by atoms with E-state index in [2.05, 4.69) is 4.98 Å². The van der Waals surface area contributed by atoms with Gasteiger partial charge >= 0.3 is 5.69 Å². The maximum Gasteiger partial charge on any atom is 0.330 e. The lowest BCUT2D eigenvalue weighted by Crippen LogP contribution is -2.36. The molecule has 0 spiro atoms. The van der Waals surface area contributed by atoms with Gasteiger partial charge in [-0.1, -0.05) is 29.5 Å². The first-order chi connectivity index (χ1) is 8.99. The number of aromatic nitrogens is 2. The number of rotatable bonds is 3. The molecule has 0 aliphatic carbocycles. The van der Waals surface area contributed by atoms with Crippen LogP contribution in [0.4, 0.5) is 0 Å². The minimum absolute atomic E-state index is 0.324. The molecule has 19 heavy (non-hydrogen) atoms. The van der Waals surface area contributed by atoms with Gasteiger partial charge in [-0.15, -0.1) is 0 Å². The second-order valence-corrected chi connectivity index (χ2v) is 5.80. The Morgan fingerprint density at radius 2 is 2.21 bits per heavy atom. The van der Waals surface area contributed by atoms with Crippen LogP contribution in [0.25, 0.3) is 0 Å². The molecule has 0 radical (unpaired) electrons. The van der Waals surface area contributed by atoms with Crippen LogP contribution in [0.3, 0.4) is 0 Å². The third-order valence-corrected chi connectivity index (χ3v) is 4.52. The summed E-state index contributed by atoms with van der Waals surface area (Å²) in [5.41, 5.74) is -0.528. The van der Waals surface area contributed by atoms with Crippen LogP contribution in [0, 0.1) is 0 Å². The number of aliphatic hydroxyl groups is 2. The summed E-state index contributed by atoms with van der Waals surface area (Å²) in [5.74, 6) is 0. The molecule has 2 rings (SSSR count). The second kappa shape index (κ2) is 5.73. The summed E-state index contributed by atoms with van der Waals surface area (Å²) >= 11 is 1.97. The van der Waals surface area contributed by atoms with Crippen molar-refractivity contribution in [1.29, 1.82) is 0 Å². The number of nitrogens with zero attached hydrogens (tertiary/aromatic N) is 1. The van der Waals surface area contributed by atoms with Crippen LogP contribution < -0.4 is 11.2 Å². The Labute approximate surface area is 122 Å². The Morgan fingerprint density at radius 3 is 2.74 bits per heavy atom. The topological polar surface area (TPSA) is 105 Å². The highest BCUT2D eigenvalue weighted by Gasteiger charge is 2.43. The monoisotopic (exact) mass is 382 g/mol. The first-order valence-electron chi connectivity index (χ1n) is 5.92. The number of nitrogens with one attached hydrogen (secondary N) is 1. The van der Waals surface area contributed by atoms with E-state index in [1.54, 1.807) is 0 Å². The van der Waals surface area contributed by atoms with Crippen LogP contribution in [-0.4, -0.2) is 42.5 Å². The zero-order chi connectivity index (χ0) is 14.2. The highest BCUT2D eigenvalue weighted by molar-refractivity contribution is 14.1. The van der Waals surface area contributed by atoms with Gasteiger partial charge in [0.25, 0.3) is 5.56 Å². The number of hydrogen-bond donors (Lipinski definition) is 3. The van der Waals surface area contributed by atoms with Crippen LogP contribution >= 0.6 is 22.6 Å². The Hall–Kier alpha value is -0.710. The van der Waals surface area contributed by atoms with Gasteiger partial charge in [-0.3, -0.25) is 14.3 Å². The van der Waals surface area contributed by atoms with Gasteiger partial charge in [-0.2, -0.15) is 0 Å². The molecule has 0 saturated carbocycles. The van der Waals surface area contributed by atoms with E-state index in [0.717, 1.165) is 0 Å². The first kappa shape index (κ1) is 14.7. The van der Waals surface area contributed by atoms with E-state index in [0.29, 0.717) is 12.0 Å². The Morgan fingerprint density at radius 1 is 1.53 bits per heavy atom. The number of halogens is 1. The number of aliphatic hydroxyl groups excluding tert-OH is 2. The summed E-state index contributed by atoms with van der Waals surface area (Å²) in [6, 6.07) is 0. The maximum atomic E-state index is 11.8. The predicted octanol–water partition coefficient (Wildman–Crippen LogP) is -0.847. The van der Waals surface area contributed by atoms with Crippen LogP contribution in [0.1, 0.15) is 18.7 Å². The van der Waals surface area contributed by atoms with Crippen LogP contribution in [-0.2, 0) is 11.2 Å². The molecule has 0 amide bonds. The lowest BCUT2D eigenvalue weighted by Gasteiger charge is -2.17. The van der Waals surface area contributed by atoms with E-state index in [-0.39, 0.29) is 10.5 Å². The van der Waals surface area contributed by atoms with Crippen molar-refractivity contribution in [1.82, 2.24) is 9.55 Å². The SMILES string of the molecule is CCc1cn([C@@H]2O[C@H](CO)[C@@H](O)C2I)c(=O)[nH]c1=O. The number of hydrogen-bond acceptors (Lipinski definition) is 5. The first-order valence-corrected chi connectivity index (χ1v) is 7.17. The average molecular weight is 382 g/mol. The average Bonchev–Trinajstić information content (AvgIpc) is 2.67. The quantitative estimate of drug-likeness (QED) is 0.467. The van der Waals surface area contributed by atoms with Gasteiger partial charge in [0.05, 0.1) is 16.6 Å². The molecular formula is C11H15IN2O5. The summed E-state index contributed by atoms with van der Waals surface area (Å²) in [6.45, 7) is 1.48. The zero-order valence-electron chi connectivity index (χ0n) is 10.2. The van der Waals surface area contributed by atoms with Gasteiger partial charge < -0.3 is 14.9 Å². The highest BCUT2D eigenvalue weighted by Crippen LogP contribution is 2.33. The summed E-state index contributed by atoms with van der Waals surface area (Å²) in [6.07, 6.45) is -0.359. The molecule has 8 heteroatoms. The number of aryl methyl sites for hydroxylation is 1. The van der Waals surface area contributed by atoms with Crippen molar-refractivity contribution < 1.29 is 14.9 Å². The Bertz CT molecular complexity index is 569. The number of aromatic amines is 1. The van der Waals surface area contributed by atoms with E-state index in [1.165, 1.54) is 10.8 Å². The van der Waals surface area contributed by atoms with Crippen molar-refractivity contribution in [3.63, 3.8) is 0 Å². The van der Waals surface area contributed by atoms with Crippen LogP contribution in [0.15, 0.2) is 15.8 Å². The molecule has 1 aliphatic heterocycles. The standard InChI is InChI=1S/C11H15IN2O5/c1-2-5-3-14(11(18)13-9(5)17)10-7(12)8(16)6(4-15)19-10/h3,6-8,10,15-16H,2,4H2,1H3,(H,13,17,18)/t6-,7?,8-,10-/m1/s1. The van der Waals surface area contributed by atoms with Gasteiger partial charge in [0.15, 0.2) is 6.23 Å². The molecule has 1 fully saturated rings. The van der Waals surface area contributed by atoms with Crippen molar-refractivity contribution in [3.8, 4) is 0 Å². The molecule has 3 N–H and O–H groups in total. The number of H-pyrrole nitrogens is 1. The molecular weight excluding hydrogens is 367 g/mol. The third-order valence-electron chi connectivity index (χ3n) is 3.17. The van der Waals surface area contributed by atoms with E-state index in [4.69, 9.17) is 9.84 Å². The molecule has 1 aromatic heterocycles. The molecule has 2 heterocycles. The van der Waals surface area contributed by atoms with E-state index < -0.39 is 29.7 Å². The van der Waals surface area contributed by atoms with Crippen molar-refractivity contribution in [2.75, 3.05) is 6.61 Å². The van der Waals surface area contributed by atoms with E-state index in [9.17, 15) is 14.7 Å². The van der Waals surface area contributed by atoms with Crippen LogP contribution in [0.2, 0.25) is 0 Å². The molecule has 0 aromatic carbocycles. The molecule has 4 atom stereocenters. The van der Waals surface area contributed by atoms with Gasteiger partial charge in [-0.05, 0) is 6.42 Å². The summed E-state index contributed by atoms with van der Waals surface area (Å²) < 4.78 is 6.35. The van der Waals surface area contributed by atoms with Gasteiger partial charge in [-0.25, -0.2) is 4.79 Å². The molecule has 1 saturated heterocycles. The molecule has 1 unspecified atom stereocenters. The molecule has 0 bridgehead atoms. The number of ether oxygens (including phenoxy) is 1. The normalized spacial score (nSPS) is 30.7. The van der Waals surface area contributed by atoms with Gasteiger partial charge in [0.1, 0.15) is 6.10 Å². The van der Waals surface area contributed by atoms with Crippen molar-refractivity contribution >= 4 is 22.6 Å². The highest BCUT2D eigenvalue weighted by atomic mass is 127. The molecule has 1 aliphatic rings. The van der Waals surface area contributed by atoms with Crippen molar-refractivity contribution in [2.45, 2.75) is 35.7 Å². The van der Waals surface area contributed by atoms with Gasteiger partial charge in [0.2, 0.25) is 0 Å². The van der Waals surface area contributed by atoms with Crippen molar-refractivity contribution in [3.05, 3.63) is 32.6 Å².